The lowest BCUT2D eigenvalue weighted by Crippen LogP contribution is -2.16. The molecule has 31 heavy (non-hydrogen) atoms. The van der Waals surface area contributed by atoms with Crippen LogP contribution in [0.25, 0.3) is 10.4 Å². The van der Waals surface area contributed by atoms with Crippen LogP contribution in [0.1, 0.15) is 44.9 Å². The van der Waals surface area contributed by atoms with E-state index in [1.807, 2.05) is 29.8 Å². The number of amides is 1. The van der Waals surface area contributed by atoms with Gasteiger partial charge in [0.25, 0.3) is 5.91 Å². The van der Waals surface area contributed by atoms with Gasteiger partial charge in [0.05, 0.1) is 42.0 Å². The monoisotopic (exact) mass is 474 g/mol. The number of nitrogens with zero attached hydrogens (tertiary/aromatic N) is 5. The van der Waals surface area contributed by atoms with E-state index in [0.29, 0.717) is 22.8 Å². The summed E-state index contributed by atoms with van der Waals surface area (Å²) in [6.45, 7) is 6.00. The summed E-state index contributed by atoms with van der Waals surface area (Å²) in [7, 11) is 0. The van der Waals surface area contributed by atoms with Crippen LogP contribution in [0.5, 0.6) is 0 Å². The first-order chi connectivity index (χ1) is 15.0. The molecule has 4 aromatic heterocycles. The molecule has 160 valence electrons. The van der Waals surface area contributed by atoms with Crippen molar-refractivity contribution in [3.8, 4) is 10.4 Å². The van der Waals surface area contributed by atoms with Crippen LogP contribution >= 0.6 is 34.4 Å². The third kappa shape index (κ3) is 4.27. The molecular formula is C19H18N6O3S3. The zero-order valence-electron chi connectivity index (χ0n) is 16.9. The molecule has 0 spiro atoms. The van der Waals surface area contributed by atoms with Crippen molar-refractivity contribution >= 4 is 51.3 Å². The molecule has 0 aliphatic heterocycles. The summed E-state index contributed by atoms with van der Waals surface area (Å²) in [6.07, 6.45) is 0. The molecule has 0 saturated heterocycles. The van der Waals surface area contributed by atoms with Crippen molar-refractivity contribution in [2.75, 3.05) is 11.9 Å². The molecule has 0 atom stereocenters. The summed E-state index contributed by atoms with van der Waals surface area (Å²) in [4.78, 5) is 26.5. The Morgan fingerprint density at radius 2 is 2.06 bits per heavy atom. The van der Waals surface area contributed by atoms with Gasteiger partial charge in [0.1, 0.15) is 10.6 Å². The molecule has 0 unspecified atom stereocenters. The normalized spacial score (nSPS) is 10.9. The van der Waals surface area contributed by atoms with Crippen LogP contribution in [-0.4, -0.2) is 42.2 Å². The number of aromatic nitrogens is 5. The fourth-order valence-corrected chi connectivity index (χ4v) is 5.21. The van der Waals surface area contributed by atoms with Crippen LogP contribution in [0.2, 0.25) is 0 Å². The van der Waals surface area contributed by atoms with E-state index in [1.54, 1.807) is 18.5 Å². The molecule has 0 aliphatic rings. The van der Waals surface area contributed by atoms with Crippen molar-refractivity contribution < 1.29 is 14.3 Å². The largest absolute Gasteiger partial charge is 0.462 e. The Morgan fingerprint density at radius 1 is 1.23 bits per heavy atom. The zero-order valence-corrected chi connectivity index (χ0v) is 19.4. The zero-order chi connectivity index (χ0) is 22.0. The van der Waals surface area contributed by atoms with Crippen molar-refractivity contribution in [1.82, 2.24) is 23.7 Å². The maximum absolute atomic E-state index is 13.0. The number of carbonyl (C=O) groups excluding carboxylic acids is 2. The Balaban J connectivity index is 1.60. The van der Waals surface area contributed by atoms with E-state index in [9.17, 15) is 9.59 Å². The number of carbonyl (C=O) groups is 2. The Hall–Kier alpha value is -2.96. The topological polar surface area (TPSA) is 112 Å². The molecule has 9 nitrogen and oxygen atoms in total. The van der Waals surface area contributed by atoms with Crippen LogP contribution < -0.4 is 5.32 Å². The lowest BCUT2D eigenvalue weighted by atomic mass is 10.1. The number of rotatable bonds is 7. The quantitative estimate of drug-likeness (QED) is 0.403. The summed E-state index contributed by atoms with van der Waals surface area (Å²) in [5, 5.41) is 15.1. The number of ether oxygens (including phenoxy) is 1. The summed E-state index contributed by atoms with van der Waals surface area (Å²) in [6, 6.07) is 3.83. The predicted molar refractivity (Wildman–Crippen MR) is 120 cm³/mol. The molecule has 0 saturated carbocycles. The van der Waals surface area contributed by atoms with E-state index in [2.05, 4.69) is 24.4 Å². The van der Waals surface area contributed by atoms with Crippen LogP contribution in [0.15, 0.2) is 22.9 Å². The maximum atomic E-state index is 13.0. The molecule has 0 aliphatic carbocycles. The SMILES string of the molecule is CCOC(=O)c1c(-c2cccs2)csc1NC(=O)c1nnn(Cc2nsnc2C)c1C. The van der Waals surface area contributed by atoms with E-state index in [0.717, 1.165) is 33.6 Å². The van der Waals surface area contributed by atoms with Gasteiger partial charge in [-0.15, -0.1) is 27.8 Å². The van der Waals surface area contributed by atoms with Crippen molar-refractivity contribution in [3.05, 3.63) is 51.2 Å². The smallest absolute Gasteiger partial charge is 0.341 e. The standard InChI is InChI=1S/C19H18N6O3S3/c1-4-28-19(27)15-12(14-6-5-7-29-14)9-30-18(15)20-17(26)16-11(3)25(24-21-16)8-13-10(2)22-31-23-13/h5-7,9H,4,8H2,1-3H3,(H,20,26). The second-order valence-corrected chi connectivity index (χ2v) is 8.84. The van der Waals surface area contributed by atoms with Gasteiger partial charge in [0.2, 0.25) is 0 Å². The fraction of sp³-hybridized carbons (Fsp3) is 0.263. The first kappa shape index (κ1) is 21.3. The third-order valence-corrected chi connectivity index (χ3v) is 6.98. The number of aryl methyl sites for hydroxylation is 1. The van der Waals surface area contributed by atoms with Gasteiger partial charge in [-0.25, -0.2) is 9.48 Å². The second kappa shape index (κ2) is 9.04. The number of anilines is 1. The lowest BCUT2D eigenvalue weighted by Gasteiger charge is -2.07. The molecule has 4 rings (SSSR count). The average Bonchev–Trinajstić information content (AvgIpc) is 3.52. The molecule has 0 fully saturated rings. The molecule has 1 N–H and O–H groups in total. The molecule has 4 heterocycles. The van der Waals surface area contributed by atoms with E-state index >= 15 is 0 Å². The number of nitrogens with one attached hydrogen (secondary N) is 1. The molecule has 12 heteroatoms. The van der Waals surface area contributed by atoms with Gasteiger partial charge >= 0.3 is 5.97 Å². The van der Waals surface area contributed by atoms with Crippen molar-refractivity contribution in [1.29, 1.82) is 0 Å². The summed E-state index contributed by atoms with van der Waals surface area (Å²) < 4.78 is 15.2. The molecule has 0 aromatic carbocycles. The number of thiophene rings is 2. The maximum Gasteiger partial charge on any atom is 0.341 e. The van der Waals surface area contributed by atoms with Crippen molar-refractivity contribution in [2.24, 2.45) is 0 Å². The highest BCUT2D eigenvalue weighted by Gasteiger charge is 2.25. The highest BCUT2D eigenvalue weighted by molar-refractivity contribution is 7.17. The van der Waals surface area contributed by atoms with Gasteiger partial charge in [-0.05, 0) is 32.2 Å². The Kier molecular flexibility index (Phi) is 6.20. The highest BCUT2D eigenvalue weighted by Crippen LogP contribution is 2.38. The van der Waals surface area contributed by atoms with Gasteiger partial charge in [0.15, 0.2) is 5.69 Å². The van der Waals surface area contributed by atoms with Gasteiger partial charge in [0, 0.05) is 15.8 Å². The lowest BCUT2D eigenvalue weighted by molar-refractivity contribution is 0.0529. The van der Waals surface area contributed by atoms with Crippen LogP contribution in [0.3, 0.4) is 0 Å². The minimum atomic E-state index is -0.477. The van der Waals surface area contributed by atoms with Crippen molar-refractivity contribution in [3.63, 3.8) is 0 Å². The summed E-state index contributed by atoms with van der Waals surface area (Å²) >= 11 is 3.92. The number of hydrogen-bond donors (Lipinski definition) is 1. The van der Waals surface area contributed by atoms with Gasteiger partial charge < -0.3 is 10.1 Å². The molecule has 0 radical (unpaired) electrons. The minimum Gasteiger partial charge on any atom is -0.462 e. The molecule has 0 bridgehead atoms. The van der Waals surface area contributed by atoms with Crippen molar-refractivity contribution in [2.45, 2.75) is 27.3 Å². The molecular weight excluding hydrogens is 456 g/mol. The predicted octanol–water partition coefficient (Wildman–Crippen LogP) is 4.01. The third-order valence-electron chi connectivity index (χ3n) is 4.53. The Morgan fingerprint density at radius 3 is 2.74 bits per heavy atom. The average molecular weight is 475 g/mol. The van der Waals surface area contributed by atoms with E-state index in [4.69, 9.17) is 4.74 Å². The second-order valence-electron chi connectivity index (χ2n) is 6.48. The van der Waals surface area contributed by atoms with Crippen LogP contribution in [0, 0.1) is 13.8 Å². The first-order valence-electron chi connectivity index (χ1n) is 9.31. The Labute approximate surface area is 190 Å². The fourth-order valence-electron chi connectivity index (χ4n) is 2.89. The molecule has 1 amide bonds. The van der Waals surface area contributed by atoms with E-state index < -0.39 is 11.9 Å². The number of esters is 1. The molecule has 4 aromatic rings. The van der Waals surface area contributed by atoms with E-state index in [1.165, 1.54) is 22.7 Å². The van der Waals surface area contributed by atoms with Crippen LogP contribution in [-0.2, 0) is 11.3 Å². The van der Waals surface area contributed by atoms with Crippen LogP contribution in [0.4, 0.5) is 5.00 Å². The van der Waals surface area contributed by atoms with Gasteiger partial charge in [-0.1, -0.05) is 11.3 Å². The summed E-state index contributed by atoms with van der Waals surface area (Å²) in [5.74, 6) is -0.920. The van der Waals surface area contributed by atoms with Gasteiger partial charge in [-0.2, -0.15) is 8.75 Å². The Bertz CT molecular complexity index is 1220. The number of hydrogen-bond acceptors (Lipinski definition) is 10. The van der Waals surface area contributed by atoms with Gasteiger partial charge in [-0.3, -0.25) is 4.79 Å². The van der Waals surface area contributed by atoms with E-state index in [-0.39, 0.29) is 12.3 Å². The minimum absolute atomic E-state index is 0.182. The highest BCUT2D eigenvalue weighted by atomic mass is 32.1. The summed E-state index contributed by atoms with van der Waals surface area (Å²) in [5.41, 5.74) is 3.47. The first-order valence-corrected chi connectivity index (χ1v) is 11.8.